The first kappa shape index (κ1) is 28.1. The van der Waals surface area contributed by atoms with Crippen molar-refractivity contribution in [1.29, 1.82) is 0 Å². The van der Waals surface area contributed by atoms with E-state index in [-0.39, 0.29) is 52.2 Å². The predicted octanol–water partition coefficient (Wildman–Crippen LogP) is 3.28. The Kier molecular flexibility index (Phi) is 9.75. The van der Waals surface area contributed by atoms with Gasteiger partial charge in [-0.3, -0.25) is 4.18 Å². The van der Waals surface area contributed by atoms with Crippen molar-refractivity contribution in [3.63, 3.8) is 0 Å². The summed E-state index contributed by atoms with van der Waals surface area (Å²) in [6.45, 7) is 11.3. The molecule has 7 heteroatoms. The Bertz CT molecular complexity index is 861. The molecule has 0 amide bonds. The van der Waals surface area contributed by atoms with E-state index in [9.17, 15) is 13.0 Å². The first-order chi connectivity index (χ1) is 14.4. The molecule has 5 atom stereocenters. The van der Waals surface area contributed by atoms with E-state index < -0.39 is 16.5 Å². The summed E-state index contributed by atoms with van der Waals surface area (Å²) in [5.41, 5.74) is 2.82. The molecule has 0 aliphatic heterocycles. The molecule has 0 N–H and O–H groups in total. The third-order valence-corrected chi connectivity index (χ3v) is 8.83. The molecule has 3 rings (SSSR count). The second-order valence-electron chi connectivity index (χ2n) is 10.9. The smallest absolute Gasteiger partial charge is 0.726 e. The molecular formula is C25H39NaO5S. The number of fused-ring (bicyclic) bond motifs is 1. The molecule has 0 aromatic carbocycles. The molecule has 176 valence electrons. The Labute approximate surface area is 217 Å². The van der Waals surface area contributed by atoms with Crippen LogP contribution in [0.2, 0.25) is 0 Å². The van der Waals surface area contributed by atoms with Crippen LogP contribution in [0, 0.1) is 28.6 Å². The summed E-state index contributed by atoms with van der Waals surface area (Å²) in [5, 5.41) is 0. The minimum absolute atomic E-state index is 0. The number of allylic oxidation sites excluding steroid dienone is 2. The van der Waals surface area contributed by atoms with Gasteiger partial charge in [0.1, 0.15) is 0 Å². The minimum Gasteiger partial charge on any atom is -0.726 e. The number of hydrogen-bond acceptors (Lipinski definition) is 5. The fourth-order valence-electron chi connectivity index (χ4n) is 6.59. The van der Waals surface area contributed by atoms with Gasteiger partial charge in [-0.15, -0.1) is 0 Å². The summed E-state index contributed by atoms with van der Waals surface area (Å²) in [6.07, 6.45) is 12.9. The van der Waals surface area contributed by atoms with Crippen molar-refractivity contribution in [2.75, 3.05) is 0 Å². The van der Waals surface area contributed by atoms with Crippen LogP contribution in [0.4, 0.5) is 0 Å². The zero-order chi connectivity index (χ0) is 22.9. The van der Waals surface area contributed by atoms with E-state index >= 15 is 0 Å². The van der Waals surface area contributed by atoms with Gasteiger partial charge in [0.05, 0.1) is 18.6 Å². The molecular weight excluding hydrogens is 435 g/mol. The molecule has 2 aliphatic carbocycles. The van der Waals surface area contributed by atoms with Crippen molar-refractivity contribution >= 4 is 10.4 Å². The molecule has 1 aromatic rings. The van der Waals surface area contributed by atoms with Crippen molar-refractivity contribution in [3.05, 3.63) is 35.8 Å². The minimum atomic E-state index is -4.76. The summed E-state index contributed by atoms with van der Waals surface area (Å²) >= 11 is 0. The number of rotatable bonds is 9. The van der Waals surface area contributed by atoms with Crippen LogP contribution >= 0.6 is 0 Å². The van der Waals surface area contributed by atoms with Crippen molar-refractivity contribution in [3.8, 4) is 0 Å². The van der Waals surface area contributed by atoms with E-state index in [4.69, 9.17) is 8.60 Å². The topological polar surface area (TPSA) is 79.6 Å². The van der Waals surface area contributed by atoms with Gasteiger partial charge in [0, 0.05) is 0 Å². The van der Waals surface area contributed by atoms with E-state index in [0.717, 1.165) is 37.7 Å². The summed E-state index contributed by atoms with van der Waals surface area (Å²) in [6, 6.07) is 1.95. The van der Waals surface area contributed by atoms with Crippen LogP contribution in [0.3, 0.4) is 0 Å². The number of hydrogen-bond donors (Lipinski definition) is 0. The van der Waals surface area contributed by atoms with Gasteiger partial charge >= 0.3 is 29.6 Å². The molecule has 0 spiro atoms. The average Bonchev–Trinajstić information content (AvgIpc) is 3.15. The van der Waals surface area contributed by atoms with Crippen molar-refractivity contribution < 1.29 is 51.1 Å². The average molecular weight is 475 g/mol. The van der Waals surface area contributed by atoms with Crippen molar-refractivity contribution in [2.24, 2.45) is 28.6 Å². The first-order valence-electron chi connectivity index (χ1n) is 11.7. The Balaban J connectivity index is 0.00000363. The molecule has 0 unspecified atom stereocenters. The number of aryl methyl sites for hydroxylation is 1. The van der Waals surface area contributed by atoms with Gasteiger partial charge in [-0.05, 0) is 92.1 Å². The maximum absolute atomic E-state index is 11.6. The Morgan fingerprint density at radius 1 is 1.28 bits per heavy atom. The van der Waals surface area contributed by atoms with E-state index in [1.807, 2.05) is 13.0 Å². The summed E-state index contributed by atoms with van der Waals surface area (Å²) in [5.74, 6) is 0.765. The largest absolute Gasteiger partial charge is 1.00 e. The standard InChI is InChI=1S/C25H40O5S.Na/c1-18-10-11-23-24(3,4)13-7-14-25(23,5)21(18)16-22(30-31(26,27)28)19(2)8-6-9-20-12-15-29-17-20;/h10,12,15,17,19,21-23H,6-9,11,13-14,16H2,1-5H3,(H,26,27,28);/q;+1/p-1/t19-,21+,22+,23+,25-;/m1./s1. The Morgan fingerprint density at radius 3 is 2.62 bits per heavy atom. The monoisotopic (exact) mass is 474 g/mol. The van der Waals surface area contributed by atoms with E-state index in [1.165, 1.54) is 18.4 Å². The van der Waals surface area contributed by atoms with Crippen LogP contribution < -0.4 is 29.6 Å². The van der Waals surface area contributed by atoms with E-state index in [0.29, 0.717) is 12.3 Å². The quantitative estimate of drug-likeness (QED) is 0.238. The van der Waals surface area contributed by atoms with Crippen LogP contribution in [0.1, 0.15) is 85.1 Å². The molecule has 0 bridgehead atoms. The SMILES string of the molecule is CC1=CC[C@H]2C(C)(C)CCC[C@]2(C)[C@H]1C[C@H](OS(=O)(=O)[O-])[C@H](C)CCCc1ccoc1.[Na+]. The van der Waals surface area contributed by atoms with Gasteiger partial charge in [-0.1, -0.05) is 45.8 Å². The zero-order valence-corrected chi connectivity index (χ0v) is 23.5. The van der Waals surface area contributed by atoms with Crippen LogP contribution in [0.15, 0.2) is 34.7 Å². The molecule has 0 saturated heterocycles. The maximum atomic E-state index is 11.6. The number of furan rings is 1. The van der Waals surface area contributed by atoms with Crippen LogP contribution in [-0.4, -0.2) is 19.1 Å². The van der Waals surface area contributed by atoms with Crippen LogP contribution in [0.25, 0.3) is 0 Å². The molecule has 0 radical (unpaired) electrons. The summed E-state index contributed by atoms with van der Waals surface area (Å²) in [7, 11) is -4.76. The summed E-state index contributed by atoms with van der Waals surface area (Å²) < 4.78 is 45.1. The second kappa shape index (κ2) is 11.1. The van der Waals surface area contributed by atoms with Crippen LogP contribution in [-0.2, 0) is 21.0 Å². The Morgan fingerprint density at radius 2 is 2.00 bits per heavy atom. The predicted molar refractivity (Wildman–Crippen MR) is 121 cm³/mol. The first-order valence-corrected chi connectivity index (χ1v) is 13.1. The molecule has 5 nitrogen and oxygen atoms in total. The van der Waals surface area contributed by atoms with Gasteiger partial charge in [-0.25, -0.2) is 8.42 Å². The van der Waals surface area contributed by atoms with E-state index in [1.54, 1.807) is 12.5 Å². The Hall–Kier alpha value is -0.110. The van der Waals surface area contributed by atoms with Gasteiger partial charge < -0.3 is 8.97 Å². The summed E-state index contributed by atoms with van der Waals surface area (Å²) in [4.78, 5) is 0. The third kappa shape index (κ3) is 6.73. The molecule has 1 heterocycles. The molecule has 32 heavy (non-hydrogen) atoms. The maximum Gasteiger partial charge on any atom is 1.00 e. The fourth-order valence-corrected chi connectivity index (χ4v) is 7.16. The van der Waals surface area contributed by atoms with Gasteiger partial charge in [-0.2, -0.15) is 0 Å². The molecule has 1 saturated carbocycles. The van der Waals surface area contributed by atoms with Gasteiger partial charge in [0.25, 0.3) is 0 Å². The van der Waals surface area contributed by atoms with Crippen molar-refractivity contribution in [1.82, 2.24) is 0 Å². The fraction of sp³-hybridized carbons (Fsp3) is 0.760. The van der Waals surface area contributed by atoms with E-state index in [2.05, 4.69) is 33.8 Å². The molecule has 1 aromatic heterocycles. The van der Waals surface area contributed by atoms with Gasteiger partial charge in [0.2, 0.25) is 10.4 Å². The zero-order valence-electron chi connectivity index (χ0n) is 20.7. The normalized spacial score (nSPS) is 29.4. The third-order valence-electron chi connectivity index (χ3n) is 8.35. The molecule has 1 fully saturated rings. The second-order valence-corrected chi connectivity index (χ2v) is 11.9. The molecule has 2 aliphatic rings. The van der Waals surface area contributed by atoms with Crippen molar-refractivity contribution in [2.45, 2.75) is 92.1 Å². The van der Waals surface area contributed by atoms with Gasteiger partial charge in [0.15, 0.2) is 0 Å². The van der Waals surface area contributed by atoms with Crippen LogP contribution in [0.5, 0.6) is 0 Å².